The molecule has 16 heavy (non-hydrogen) atoms. The molecule has 84 valence electrons. The molecule has 2 aromatic heterocycles. The van der Waals surface area contributed by atoms with Crippen molar-refractivity contribution < 1.29 is 0 Å². The number of aromatic nitrogens is 2. The molecule has 0 bridgehead atoms. The highest BCUT2D eigenvalue weighted by molar-refractivity contribution is 7.12. The van der Waals surface area contributed by atoms with Crippen LogP contribution in [-0.2, 0) is 0 Å². The topological polar surface area (TPSA) is 45.8 Å². The van der Waals surface area contributed by atoms with Gasteiger partial charge < -0.3 is 4.98 Å². The number of thiophene rings is 1. The Hall–Kier alpha value is -1.42. The van der Waals surface area contributed by atoms with E-state index >= 15 is 0 Å². The van der Waals surface area contributed by atoms with Crippen LogP contribution in [0.4, 0.5) is 0 Å². The summed E-state index contributed by atoms with van der Waals surface area (Å²) in [6.07, 6.45) is 0. The van der Waals surface area contributed by atoms with Gasteiger partial charge >= 0.3 is 0 Å². The lowest BCUT2D eigenvalue weighted by molar-refractivity contribution is 1.03. The molecule has 0 aromatic carbocycles. The first-order valence-electron chi connectivity index (χ1n) is 5.14. The molecule has 2 rings (SSSR count). The van der Waals surface area contributed by atoms with Crippen molar-refractivity contribution in [2.24, 2.45) is 0 Å². The molecule has 0 radical (unpaired) electrons. The van der Waals surface area contributed by atoms with E-state index in [1.165, 1.54) is 9.75 Å². The van der Waals surface area contributed by atoms with Gasteiger partial charge in [-0.2, -0.15) is 0 Å². The maximum Gasteiger partial charge on any atom is 0.254 e. The molecule has 3 nitrogen and oxygen atoms in total. The van der Waals surface area contributed by atoms with Gasteiger partial charge in [0.2, 0.25) is 0 Å². The molecular formula is C12H14N2OS. The van der Waals surface area contributed by atoms with Crippen molar-refractivity contribution in [1.82, 2.24) is 9.97 Å². The average Bonchev–Trinajstić information content (AvgIpc) is 2.53. The molecule has 0 spiro atoms. The Kier molecular flexibility index (Phi) is 2.68. The van der Waals surface area contributed by atoms with Crippen LogP contribution in [-0.4, -0.2) is 9.97 Å². The molecule has 0 aliphatic rings. The van der Waals surface area contributed by atoms with E-state index in [-0.39, 0.29) is 5.56 Å². The van der Waals surface area contributed by atoms with E-state index in [0.29, 0.717) is 11.4 Å². The summed E-state index contributed by atoms with van der Waals surface area (Å²) in [4.78, 5) is 21.3. The molecule has 0 atom stereocenters. The molecule has 0 fully saturated rings. The van der Waals surface area contributed by atoms with Crippen LogP contribution in [0, 0.1) is 27.7 Å². The first-order valence-corrected chi connectivity index (χ1v) is 5.95. The molecule has 4 heteroatoms. The van der Waals surface area contributed by atoms with Gasteiger partial charge in [0.1, 0.15) is 5.82 Å². The van der Waals surface area contributed by atoms with Gasteiger partial charge in [0.05, 0.1) is 0 Å². The van der Waals surface area contributed by atoms with E-state index in [9.17, 15) is 4.79 Å². The third-order valence-corrected chi connectivity index (χ3v) is 3.66. The van der Waals surface area contributed by atoms with E-state index in [4.69, 9.17) is 0 Å². The number of aryl methyl sites for hydroxylation is 3. The normalized spacial score (nSPS) is 10.8. The van der Waals surface area contributed by atoms with E-state index < -0.39 is 0 Å². The van der Waals surface area contributed by atoms with Crippen molar-refractivity contribution in [1.29, 1.82) is 0 Å². The van der Waals surface area contributed by atoms with Gasteiger partial charge in [-0.15, -0.1) is 11.3 Å². The molecule has 2 heterocycles. The minimum atomic E-state index is -0.0502. The summed E-state index contributed by atoms with van der Waals surface area (Å²) in [6, 6.07) is 2.06. The number of hydrogen-bond acceptors (Lipinski definition) is 3. The zero-order valence-corrected chi connectivity index (χ0v) is 10.7. The quantitative estimate of drug-likeness (QED) is 0.824. The van der Waals surface area contributed by atoms with E-state index in [1.54, 1.807) is 18.3 Å². The predicted molar refractivity (Wildman–Crippen MR) is 67.1 cm³/mol. The number of aromatic amines is 1. The molecule has 0 aliphatic heterocycles. The van der Waals surface area contributed by atoms with E-state index in [2.05, 4.69) is 23.0 Å². The fourth-order valence-corrected chi connectivity index (χ4v) is 2.56. The Balaban J connectivity index is 2.66. The zero-order chi connectivity index (χ0) is 11.9. The van der Waals surface area contributed by atoms with Gasteiger partial charge in [0, 0.05) is 26.6 Å². The smallest absolute Gasteiger partial charge is 0.254 e. The highest BCUT2D eigenvalue weighted by atomic mass is 32.1. The van der Waals surface area contributed by atoms with E-state index in [0.717, 1.165) is 11.3 Å². The monoisotopic (exact) mass is 234 g/mol. The van der Waals surface area contributed by atoms with Crippen LogP contribution in [0.1, 0.15) is 21.0 Å². The largest absolute Gasteiger partial charge is 0.306 e. The first kappa shape index (κ1) is 11.1. The first-order chi connectivity index (χ1) is 7.49. The van der Waals surface area contributed by atoms with Gasteiger partial charge in [-0.1, -0.05) is 0 Å². The molecule has 0 aliphatic carbocycles. The zero-order valence-electron chi connectivity index (χ0n) is 9.84. The molecule has 0 saturated carbocycles. The van der Waals surface area contributed by atoms with Gasteiger partial charge in [-0.3, -0.25) is 4.79 Å². The van der Waals surface area contributed by atoms with Crippen molar-refractivity contribution in [2.45, 2.75) is 27.7 Å². The van der Waals surface area contributed by atoms with Gasteiger partial charge in [-0.25, -0.2) is 4.98 Å². The number of H-pyrrole nitrogens is 1. The second kappa shape index (κ2) is 3.87. The molecule has 0 amide bonds. The number of nitrogens with zero attached hydrogens (tertiary/aromatic N) is 1. The Morgan fingerprint density at radius 3 is 2.44 bits per heavy atom. The predicted octanol–water partition coefficient (Wildman–Crippen LogP) is 2.73. The van der Waals surface area contributed by atoms with Gasteiger partial charge in [-0.05, 0) is 33.8 Å². The third kappa shape index (κ3) is 1.80. The number of nitrogens with one attached hydrogen (secondary N) is 1. The summed E-state index contributed by atoms with van der Waals surface area (Å²) in [5.74, 6) is 0.676. The van der Waals surface area contributed by atoms with Crippen LogP contribution in [0.5, 0.6) is 0 Å². The fraction of sp³-hybridized carbons (Fsp3) is 0.333. The summed E-state index contributed by atoms with van der Waals surface area (Å²) in [7, 11) is 0. The molecule has 2 aromatic rings. The molecule has 1 N–H and O–H groups in total. The second-order valence-electron chi connectivity index (χ2n) is 3.95. The number of hydrogen-bond donors (Lipinski definition) is 1. The van der Waals surface area contributed by atoms with Gasteiger partial charge in [0.25, 0.3) is 5.56 Å². The molecule has 0 unspecified atom stereocenters. The lowest BCUT2D eigenvalue weighted by Gasteiger charge is -2.03. The Bertz CT molecular complexity index is 596. The fourth-order valence-electron chi connectivity index (χ4n) is 1.64. The summed E-state index contributed by atoms with van der Waals surface area (Å²) in [6.45, 7) is 7.75. The number of rotatable bonds is 1. The van der Waals surface area contributed by atoms with Crippen LogP contribution in [0.3, 0.4) is 0 Å². The van der Waals surface area contributed by atoms with Crippen molar-refractivity contribution in [2.75, 3.05) is 0 Å². The van der Waals surface area contributed by atoms with Crippen molar-refractivity contribution in [3.8, 4) is 11.4 Å². The summed E-state index contributed by atoms with van der Waals surface area (Å²) < 4.78 is 0. The van der Waals surface area contributed by atoms with Crippen LogP contribution < -0.4 is 5.56 Å². The SMILES string of the molecule is Cc1cc(-c2nc(C)c(C)c(=O)[nH]2)c(C)s1. The Labute approximate surface area is 98.2 Å². The van der Waals surface area contributed by atoms with Crippen LogP contribution >= 0.6 is 11.3 Å². The maximum absolute atomic E-state index is 11.7. The lowest BCUT2D eigenvalue weighted by atomic mass is 10.2. The van der Waals surface area contributed by atoms with Crippen LogP contribution in [0.15, 0.2) is 10.9 Å². The van der Waals surface area contributed by atoms with Crippen molar-refractivity contribution in [3.05, 3.63) is 37.4 Å². The second-order valence-corrected chi connectivity index (χ2v) is 5.41. The summed E-state index contributed by atoms with van der Waals surface area (Å²) >= 11 is 1.72. The minimum absolute atomic E-state index is 0.0502. The molecular weight excluding hydrogens is 220 g/mol. The highest BCUT2D eigenvalue weighted by Crippen LogP contribution is 2.27. The van der Waals surface area contributed by atoms with Gasteiger partial charge in [0.15, 0.2) is 0 Å². The lowest BCUT2D eigenvalue weighted by Crippen LogP contribution is -2.14. The van der Waals surface area contributed by atoms with E-state index in [1.807, 2.05) is 13.8 Å². The minimum Gasteiger partial charge on any atom is -0.306 e. The summed E-state index contributed by atoms with van der Waals surface area (Å²) in [5, 5.41) is 0. The molecule has 0 saturated heterocycles. The highest BCUT2D eigenvalue weighted by Gasteiger charge is 2.10. The average molecular weight is 234 g/mol. The summed E-state index contributed by atoms with van der Waals surface area (Å²) in [5.41, 5.74) is 2.46. The Morgan fingerprint density at radius 2 is 1.94 bits per heavy atom. The van der Waals surface area contributed by atoms with Crippen LogP contribution in [0.25, 0.3) is 11.4 Å². The third-order valence-electron chi connectivity index (χ3n) is 2.69. The standard InChI is InChI=1S/C12H14N2OS/c1-6-5-10(9(4)16-6)11-13-8(3)7(2)12(15)14-11/h5H,1-4H3,(H,13,14,15). The van der Waals surface area contributed by atoms with Crippen LogP contribution in [0.2, 0.25) is 0 Å². The van der Waals surface area contributed by atoms with Crippen molar-refractivity contribution >= 4 is 11.3 Å². The maximum atomic E-state index is 11.7. The van der Waals surface area contributed by atoms with Crippen molar-refractivity contribution in [3.63, 3.8) is 0 Å². The Morgan fingerprint density at radius 1 is 1.25 bits per heavy atom.